The van der Waals surface area contributed by atoms with Crippen LogP contribution in [0.2, 0.25) is 0 Å². The SMILES string of the molecule is CC(c1ccccc1O)N1CCC(N2CCOCC2)C1. The highest BCUT2D eigenvalue weighted by Gasteiger charge is 2.31. The summed E-state index contributed by atoms with van der Waals surface area (Å²) in [6.45, 7) is 8.24. The van der Waals surface area contributed by atoms with Gasteiger partial charge < -0.3 is 9.84 Å². The highest BCUT2D eigenvalue weighted by molar-refractivity contribution is 5.34. The van der Waals surface area contributed by atoms with E-state index >= 15 is 0 Å². The van der Waals surface area contributed by atoms with Crippen molar-refractivity contribution in [1.29, 1.82) is 0 Å². The summed E-state index contributed by atoms with van der Waals surface area (Å²) < 4.78 is 5.43. The molecule has 2 heterocycles. The molecule has 2 atom stereocenters. The number of likely N-dealkylation sites (tertiary alicyclic amines) is 1. The average Bonchev–Trinajstić information content (AvgIpc) is 2.98. The summed E-state index contributed by atoms with van der Waals surface area (Å²) in [5, 5.41) is 10.0. The Morgan fingerprint density at radius 2 is 1.95 bits per heavy atom. The minimum absolute atomic E-state index is 0.280. The minimum atomic E-state index is 0.280. The van der Waals surface area contributed by atoms with Gasteiger partial charge in [0.2, 0.25) is 0 Å². The Morgan fingerprint density at radius 1 is 1.20 bits per heavy atom. The molecular formula is C16H24N2O2. The van der Waals surface area contributed by atoms with Crippen LogP contribution in [-0.2, 0) is 4.74 Å². The Labute approximate surface area is 120 Å². The maximum Gasteiger partial charge on any atom is 0.120 e. The summed E-state index contributed by atoms with van der Waals surface area (Å²) in [7, 11) is 0. The molecule has 2 saturated heterocycles. The molecule has 0 bridgehead atoms. The van der Waals surface area contributed by atoms with Crippen molar-refractivity contribution in [2.75, 3.05) is 39.4 Å². The van der Waals surface area contributed by atoms with Crippen LogP contribution in [0.1, 0.15) is 24.9 Å². The summed E-state index contributed by atoms with van der Waals surface area (Å²) in [6.07, 6.45) is 1.22. The van der Waals surface area contributed by atoms with Crippen LogP contribution in [0.5, 0.6) is 5.75 Å². The van der Waals surface area contributed by atoms with Crippen LogP contribution in [0, 0.1) is 0 Å². The molecule has 2 unspecified atom stereocenters. The average molecular weight is 276 g/mol. The number of aromatic hydroxyl groups is 1. The smallest absolute Gasteiger partial charge is 0.120 e. The zero-order chi connectivity index (χ0) is 13.9. The molecule has 20 heavy (non-hydrogen) atoms. The molecule has 2 aliphatic heterocycles. The first-order valence-electron chi connectivity index (χ1n) is 7.59. The second-order valence-corrected chi connectivity index (χ2v) is 5.82. The molecule has 1 aromatic carbocycles. The van der Waals surface area contributed by atoms with Gasteiger partial charge in [-0.1, -0.05) is 18.2 Å². The van der Waals surface area contributed by atoms with Crippen molar-refractivity contribution in [3.8, 4) is 5.75 Å². The fourth-order valence-electron chi connectivity index (χ4n) is 3.40. The number of benzene rings is 1. The Kier molecular flexibility index (Phi) is 4.24. The number of ether oxygens (including phenoxy) is 1. The maximum atomic E-state index is 10.0. The molecule has 2 fully saturated rings. The second-order valence-electron chi connectivity index (χ2n) is 5.82. The van der Waals surface area contributed by atoms with Gasteiger partial charge in [0.25, 0.3) is 0 Å². The predicted molar refractivity (Wildman–Crippen MR) is 78.9 cm³/mol. The van der Waals surface area contributed by atoms with Crippen LogP contribution in [0.3, 0.4) is 0 Å². The lowest BCUT2D eigenvalue weighted by molar-refractivity contribution is 0.0177. The predicted octanol–water partition coefficient (Wildman–Crippen LogP) is 1.86. The van der Waals surface area contributed by atoms with E-state index < -0.39 is 0 Å². The highest BCUT2D eigenvalue weighted by atomic mass is 16.5. The summed E-state index contributed by atoms with van der Waals surface area (Å²) >= 11 is 0. The number of morpholine rings is 1. The maximum absolute atomic E-state index is 10.0. The summed E-state index contributed by atoms with van der Waals surface area (Å²) in [6, 6.07) is 8.62. The Hall–Kier alpha value is -1.10. The largest absolute Gasteiger partial charge is 0.508 e. The molecule has 4 heteroatoms. The summed E-state index contributed by atoms with van der Waals surface area (Å²) in [4.78, 5) is 5.04. The highest BCUT2D eigenvalue weighted by Crippen LogP contribution is 2.31. The van der Waals surface area contributed by atoms with Crippen molar-refractivity contribution in [3.05, 3.63) is 29.8 Å². The van der Waals surface area contributed by atoms with E-state index in [4.69, 9.17) is 4.74 Å². The van der Waals surface area contributed by atoms with Gasteiger partial charge in [-0.25, -0.2) is 0 Å². The van der Waals surface area contributed by atoms with Crippen molar-refractivity contribution in [3.63, 3.8) is 0 Å². The van der Waals surface area contributed by atoms with E-state index in [0.717, 1.165) is 45.0 Å². The number of phenols is 1. The molecule has 3 rings (SSSR count). The van der Waals surface area contributed by atoms with Gasteiger partial charge in [0.15, 0.2) is 0 Å². The van der Waals surface area contributed by atoms with Crippen LogP contribution in [0.4, 0.5) is 0 Å². The van der Waals surface area contributed by atoms with Gasteiger partial charge in [-0.05, 0) is 19.4 Å². The molecule has 0 amide bonds. The molecule has 0 spiro atoms. The topological polar surface area (TPSA) is 35.9 Å². The van der Waals surface area contributed by atoms with Crippen molar-refractivity contribution < 1.29 is 9.84 Å². The molecule has 4 nitrogen and oxygen atoms in total. The zero-order valence-corrected chi connectivity index (χ0v) is 12.2. The van der Waals surface area contributed by atoms with Crippen molar-refractivity contribution in [2.24, 2.45) is 0 Å². The first-order valence-corrected chi connectivity index (χ1v) is 7.59. The van der Waals surface area contributed by atoms with Crippen LogP contribution in [0.15, 0.2) is 24.3 Å². The van der Waals surface area contributed by atoms with Gasteiger partial charge in [0, 0.05) is 43.8 Å². The third kappa shape index (κ3) is 2.82. The van der Waals surface area contributed by atoms with Crippen molar-refractivity contribution in [1.82, 2.24) is 9.80 Å². The molecule has 0 saturated carbocycles. The Balaban J connectivity index is 1.63. The van der Waals surface area contributed by atoms with Crippen molar-refractivity contribution >= 4 is 0 Å². The van der Waals surface area contributed by atoms with E-state index in [9.17, 15) is 5.11 Å². The van der Waals surface area contributed by atoms with E-state index in [2.05, 4.69) is 16.7 Å². The zero-order valence-electron chi connectivity index (χ0n) is 12.2. The Morgan fingerprint density at radius 3 is 2.70 bits per heavy atom. The number of hydrogen-bond donors (Lipinski definition) is 1. The molecule has 2 aliphatic rings. The molecule has 0 radical (unpaired) electrons. The third-order valence-electron chi connectivity index (χ3n) is 4.69. The van der Waals surface area contributed by atoms with Gasteiger partial charge in [0.1, 0.15) is 5.75 Å². The standard InChI is InChI=1S/C16H24N2O2/c1-13(15-4-2-3-5-16(15)19)18-7-6-14(12-18)17-8-10-20-11-9-17/h2-5,13-14,19H,6-12H2,1H3. The van der Waals surface area contributed by atoms with E-state index in [1.165, 1.54) is 6.42 Å². The van der Waals surface area contributed by atoms with Gasteiger partial charge in [0.05, 0.1) is 13.2 Å². The second kappa shape index (κ2) is 6.12. The first-order chi connectivity index (χ1) is 9.75. The molecule has 110 valence electrons. The van der Waals surface area contributed by atoms with Gasteiger partial charge in [-0.15, -0.1) is 0 Å². The van der Waals surface area contributed by atoms with Gasteiger partial charge in [-0.2, -0.15) is 0 Å². The molecular weight excluding hydrogens is 252 g/mol. The lowest BCUT2D eigenvalue weighted by Crippen LogP contribution is -2.44. The minimum Gasteiger partial charge on any atom is -0.508 e. The molecule has 0 aliphatic carbocycles. The molecule has 1 aromatic rings. The quantitative estimate of drug-likeness (QED) is 0.914. The van der Waals surface area contributed by atoms with Crippen molar-refractivity contribution in [2.45, 2.75) is 25.4 Å². The monoisotopic (exact) mass is 276 g/mol. The number of rotatable bonds is 3. The van der Waals surface area contributed by atoms with Crippen LogP contribution in [0.25, 0.3) is 0 Å². The van der Waals surface area contributed by atoms with E-state index in [1.54, 1.807) is 6.07 Å². The lowest BCUT2D eigenvalue weighted by Gasteiger charge is -2.33. The number of hydrogen-bond acceptors (Lipinski definition) is 4. The number of para-hydroxylation sites is 1. The van der Waals surface area contributed by atoms with E-state index in [1.807, 2.05) is 18.2 Å². The molecule has 0 aromatic heterocycles. The summed E-state index contributed by atoms with van der Waals surface area (Å²) in [5.74, 6) is 0.412. The van der Waals surface area contributed by atoms with Crippen LogP contribution in [-0.4, -0.2) is 60.3 Å². The van der Waals surface area contributed by atoms with Crippen LogP contribution < -0.4 is 0 Å². The number of nitrogens with zero attached hydrogens (tertiary/aromatic N) is 2. The fraction of sp³-hybridized carbons (Fsp3) is 0.625. The fourth-order valence-corrected chi connectivity index (χ4v) is 3.40. The third-order valence-corrected chi connectivity index (χ3v) is 4.69. The normalized spacial score (nSPS) is 26.8. The lowest BCUT2D eigenvalue weighted by atomic mass is 10.1. The van der Waals surface area contributed by atoms with E-state index in [-0.39, 0.29) is 6.04 Å². The van der Waals surface area contributed by atoms with E-state index in [0.29, 0.717) is 11.8 Å². The molecule has 1 N–H and O–H groups in total. The summed E-state index contributed by atoms with van der Waals surface area (Å²) in [5.41, 5.74) is 1.04. The van der Waals surface area contributed by atoms with Gasteiger partial charge >= 0.3 is 0 Å². The first kappa shape index (κ1) is 13.9. The number of phenolic OH excluding ortho intramolecular Hbond substituents is 1. The van der Waals surface area contributed by atoms with Gasteiger partial charge in [-0.3, -0.25) is 9.80 Å². The van der Waals surface area contributed by atoms with Crippen LogP contribution >= 0.6 is 0 Å². The Bertz CT molecular complexity index is 446.